The van der Waals surface area contributed by atoms with Crippen LogP contribution < -0.4 is 15.5 Å². The maximum Gasteiger partial charge on any atom is 0.411 e. The minimum atomic E-state index is -4.37. The summed E-state index contributed by atoms with van der Waals surface area (Å²) in [5.74, 6) is 1.63. The van der Waals surface area contributed by atoms with E-state index in [2.05, 4.69) is 44.4 Å². The molecule has 0 saturated carbocycles. The van der Waals surface area contributed by atoms with Crippen LogP contribution >= 0.6 is 0 Å². The smallest absolute Gasteiger partial charge is 0.370 e. The van der Waals surface area contributed by atoms with E-state index in [1.54, 1.807) is 29.2 Å². The molecule has 1 fully saturated rings. The summed E-state index contributed by atoms with van der Waals surface area (Å²) in [5.41, 5.74) is 1.16. The molecule has 1 aliphatic rings. The number of rotatable bonds is 7. The van der Waals surface area contributed by atoms with E-state index in [1.807, 2.05) is 6.07 Å². The third kappa shape index (κ3) is 5.43. The molecule has 1 aliphatic heterocycles. The van der Waals surface area contributed by atoms with Gasteiger partial charge in [0.2, 0.25) is 5.95 Å². The number of hydrogen-bond donors (Lipinski definition) is 2. The molecule has 0 amide bonds. The van der Waals surface area contributed by atoms with Crippen molar-refractivity contribution in [2.24, 2.45) is 0 Å². The molecule has 3 aromatic rings. The predicted molar refractivity (Wildman–Crippen MR) is 114 cm³/mol. The molecule has 32 heavy (non-hydrogen) atoms. The molecule has 9 nitrogen and oxygen atoms in total. The maximum absolute atomic E-state index is 12.4. The van der Waals surface area contributed by atoms with Crippen LogP contribution in [0.4, 0.5) is 30.8 Å². The first-order chi connectivity index (χ1) is 15.3. The number of hydrogen-bond acceptors (Lipinski definition) is 8. The Morgan fingerprint density at radius 2 is 1.97 bits per heavy atom. The molecule has 172 valence electrons. The van der Waals surface area contributed by atoms with Crippen molar-refractivity contribution in [2.75, 3.05) is 36.5 Å². The van der Waals surface area contributed by atoms with Crippen molar-refractivity contribution in [3.8, 4) is 0 Å². The van der Waals surface area contributed by atoms with Crippen LogP contribution in [-0.2, 0) is 11.3 Å². The van der Waals surface area contributed by atoms with E-state index < -0.39 is 12.8 Å². The number of alkyl halides is 3. The van der Waals surface area contributed by atoms with E-state index >= 15 is 0 Å². The highest BCUT2D eigenvalue weighted by molar-refractivity contribution is 5.88. The van der Waals surface area contributed by atoms with Crippen LogP contribution in [0.2, 0.25) is 0 Å². The van der Waals surface area contributed by atoms with Crippen molar-refractivity contribution in [3.05, 3.63) is 30.6 Å². The quantitative estimate of drug-likeness (QED) is 0.531. The van der Waals surface area contributed by atoms with E-state index in [-0.39, 0.29) is 25.2 Å². The molecule has 1 saturated heterocycles. The highest BCUT2D eigenvalue weighted by Gasteiger charge is 2.28. The van der Waals surface area contributed by atoms with E-state index in [0.717, 1.165) is 13.1 Å². The summed E-state index contributed by atoms with van der Waals surface area (Å²) in [6.45, 7) is 4.39. The van der Waals surface area contributed by atoms with Crippen LogP contribution in [0.1, 0.15) is 13.8 Å². The Morgan fingerprint density at radius 1 is 1.19 bits per heavy atom. The lowest BCUT2D eigenvalue weighted by Gasteiger charge is -2.36. The van der Waals surface area contributed by atoms with Gasteiger partial charge in [0, 0.05) is 31.4 Å². The third-order valence-electron chi connectivity index (χ3n) is 4.94. The topological polar surface area (TPSA) is 93.0 Å². The Labute approximate surface area is 183 Å². The highest BCUT2D eigenvalue weighted by atomic mass is 19.4. The average Bonchev–Trinajstić information content (AvgIpc) is 3.14. The van der Waals surface area contributed by atoms with Crippen molar-refractivity contribution in [1.29, 1.82) is 0 Å². The minimum Gasteiger partial charge on any atom is -0.370 e. The number of anilines is 3. The Morgan fingerprint density at radius 3 is 2.66 bits per heavy atom. The van der Waals surface area contributed by atoms with Crippen LogP contribution in [0.5, 0.6) is 0 Å². The number of pyridine rings is 1. The largest absolute Gasteiger partial charge is 0.411 e. The highest BCUT2D eigenvalue weighted by Crippen LogP contribution is 2.27. The number of fused-ring (bicyclic) bond motifs is 1. The first kappa shape index (κ1) is 22.2. The monoisotopic (exact) mass is 450 g/mol. The van der Waals surface area contributed by atoms with Gasteiger partial charge in [-0.15, -0.1) is 0 Å². The number of nitrogens with one attached hydrogen (secondary N) is 2. The molecule has 0 aromatic carbocycles. The first-order valence-electron chi connectivity index (χ1n) is 10.4. The molecule has 0 bridgehead atoms. The third-order valence-corrected chi connectivity index (χ3v) is 4.94. The molecule has 4 rings (SSSR count). The van der Waals surface area contributed by atoms with Gasteiger partial charge in [-0.3, -0.25) is 4.68 Å². The molecule has 0 spiro atoms. The van der Waals surface area contributed by atoms with Gasteiger partial charge in [-0.25, -0.2) is 9.97 Å². The minimum absolute atomic E-state index is 0.126. The summed E-state index contributed by atoms with van der Waals surface area (Å²) >= 11 is 0. The van der Waals surface area contributed by atoms with Gasteiger partial charge in [0.25, 0.3) is 0 Å². The normalized spacial score (nSPS) is 19.5. The van der Waals surface area contributed by atoms with E-state index in [4.69, 9.17) is 9.72 Å². The summed E-state index contributed by atoms with van der Waals surface area (Å²) in [6.07, 6.45) is -1.13. The molecule has 4 heterocycles. The van der Waals surface area contributed by atoms with Crippen molar-refractivity contribution in [2.45, 2.75) is 38.7 Å². The number of aromatic nitrogens is 5. The van der Waals surface area contributed by atoms with Gasteiger partial charge in [0.05, 0.1) is 19.3 Å². The first-order valence-corrected chi connectivity index (χ1v) is 10.4. The number of piperazine rings is 1. The van der Waals surface area contributed by atoms with Gasteiger partial charge in [-0.1, -0.05) is 6.07 Å². The molecule has 3 aromatic heterocycles. The lowest BCUT2D eigenvalue weighted by molar-refractivity contribution is -0.174. The fourth-order valence-corrected chi connectivity index (χ4v) is 3.77. The predicted octanol–water partition coefficient (Wildman–Crippen LogP) is 2.73. The van der Waals surface area contributed by atoms with Gasteiger partial charge in [-0.05, 0) is 26.0 Å². The zero-order valence-electron chi connectivity index (χ0n) is 17.8. The van der Waals surface area contributed by atoms with Gasteiger partial charge >= 0.3 is 6.18 Å². The van der Waals surface area contributed by atoms with Crippen molar-refractivity contribution < 1.29 is 17.9 Å². The van der Waals surface area contributed by atoms with E-state index in [0.29, 0.717) is 28.6 Å². The fourth-order valence-electron chi connectivity index (χ4n) is 3.77. The second-order valence-electron chi connectivity index (χ2n) is 7.86. The van der Waals surface area contributed by atoms with Crippen LogP contribution in [0.25, 0.3) is 11.0 Å². The molecule has 0 unspecified atom stereocenters. The zero-order chi connectivity index (χ0) is 22.7. The van der Waals surface area contributed by atoms with Crippen molar-refractivity contribution in [1.82, 2.24) is 30.0 Å². The van der Waals surface area contributed by atoms with E-state index in [1.165, 1.54) is 0 Å². The van der Waals surface area contributed by atoms with Gasteiger partial charge in [0.1, 0.15) is 23.5 Å². The summed E-state index contributed by atoms with van der Waals surface area (Å²) in [5, 5.41) is 11.0. The second kappa shape index (κ2) is 9.25. The number of ether oxygens (including phenoxy) is 1. The van der Waals surface area contributed by atoms with Crippen LogP contribution in [0.3, 0.4) is 0 Å². The second-order valence-corrected chi connectivity index (χ2v) is 7.86. The molecule has 0 radical (unpaired) electrons. The molecular formula is C20H25F3N8O. The van der Waals surface area contributed by atoms with Crippen molar-refractivity contribution in [3.63, 3.8) is 0 Å². The van der Waals surface area contributed by atoms with E-state index in [9.17, 15) is 13.2 Å². The lowest BCUT2D eigenvalue weighted by atomic mass is 10.1. The Bertz CT molecular complexity index is 1030. The summed E-state index contributed by atoms with van der Waals surface area (Å²) in [6, 6.07) is 6.00. The lowest BCUT2D eigenvalue weighted by Crippen LogP contribution is -2.54. The Hall–Kier alpha value is -2.99. The SMILES string of the molecule is C[C@@H]1CN(c2nc(Nc3ccccn3)c3c(cnn3CCOCC(F)(F)F)n2)C[C@H](C)N1. The summed E-state index contributed by atoms with van der Waals surface area (Å²) in [4.78, 5) is 15.8. The van der Waals surface area contributed by atoms with Crippen molar-refractivity contribution >= 4 is 28.6 Å². The van der Waals surface area contributed by atoms with Crippen LogP contribution in [0.15, 0.2) is 30.6 Å². The van der Waals surface area contributed by atoms with Gasteiger partial charge in [0.15, 0.2) is 5.82 Å². The summed E-state index contributed by atoms with van der Waals surface area (Å²) in [7, 11) is 0. The maximum atomic E-state index is 12.4. The van der Waals surface area contributed by atoms with Gasteiger partial charge in [-0.2, -0.15) is 23.3 Å². The zero-order valence-corrected chi connectivity index (χ0v) is 17.8. The van der Waals surface area contributed by atoms with Gasteiger partial charge < -0.3 is 20.3 Å². The average molecular weight is 450 g/mol. The van der Waals surface area contributed by atoms with Crippen LogP contribution in [-0.4, -0.2) is 69.3 Å². The Kier molecular flexibility index (Phi) is 6.42. The molecule has 0 aliphatic carbocycles. The molecule has 2 N–H and O–H groups in total. The summed E-state index contributed by atoms with van der Waals surface area (Å²) < 4.78 is 43.4. The fraction of sp³-hybridized carbons (Fsp3) is 0.500. The van der Waals surface area contributed by atoms with Crippen LogP contribution in [0, 0.1) is 0 Å². The standard InChI is InChI=1S/C20H25F3N8O/c1-13-10-30(11-14(2)26-13)19-27-15-9-25-31(7-8-32-12-20(21,22)23)17(15)18(29-19)28-16-5-3-4-6-24-16/h3-6,9,13-14,26H,7-8,10-12H2,1-2H3,(H,24,27,28,29)/t13-,14+. The Balaban J connectivity index is 1.64. The molecule has 12 heteroatoms. The molecule has 2 atom stereocenters. The molecular weight excluding hydrogens is 425 g/mol. The number of halogens is 3. The number of nitrogens with zero attached hydrogens (tertiary/aromatic N) is 6.